The van der Waals surface area contributed by atoms with Gasteiger partial charge in [-0.1, -0.05) is 0 Å². The molecule has 0 aliphatic carbocycles. The molecule has 1 N–H and O–H groups in total. The summed E-state index contributed by atoms with van der Waals surface area (Å²) in [6, 6.07) is 6.88. The van der Waals surface area contributed by atoms with Crippen molar-refractivity contribution < 1.29 is 38.5 Å². The van der Waals surface area contributed by atoms with Crippen LogP contribution in [0.5, 0.6) is 0 Å². The molecule has 8 nitrogen and oxygen atoms in total. The molecule has 2 rings (SSSR count). The number of hydrogen-bond acceptors (Lipinski definition) is 9. The fraction of sp³-hybridized carbons (Fsp3) is 0.586. The Morgan fingerprint density at radius 3 is 1.33 bits per heavy atom. The molecule has 2 heterocycles. The fourth-order valence-electron chi connectivity index (χ4n) is 3.12. The minimum absolute atomic E-state index is 0.238. The highest BCUT2D eigenvalue weighted by Crippen LogP contribution is 2.31. The van der Waals surface area contributed by atoms with E-state index in [1.807, 2.05) is 61.5 Å². The lowest BCUT2D eigenvalue weighted by molar-refractivity contribution is -0.166. The molecule has 0 aromatic carbocycles. The van der Waals surface area contributed by atoms with Crippen LogP contribution in [0.2, 0.25) is 0 Å². The highest BCUT2D eigenvalue weighted by Gasteiger charge is 2.34. The molecule has 0 spiro atoms. The van der Waals surface area contributed by atoms with Crippen LogP contribution in [0.1, 0.15) is 98.3 Å². The first-order chi connectivity index (χ1) is 17.6. The second-order valence-corrected chi connectivity index (χ2v) is 14.8. The first kappa shape index (κ1) is 34.3. The predicted molar refractivity (Wildman–Crippen MR) is 154 cm³/mol. The SMILES string of the molecule is CC(C)(C)OC(=O)C(C)(C)Cc1ccc(C(=O)O)s1.COC(=O)c1ccc(CC(C)(C)C(=O)OC(C)(C)C)s1. The van der Waals surface area contributed by atoms with E-state index in [-0.39, 0.29) is 22.8 Å². The maximum Gasteiger partial charge on any atom is 0.348 e. The molecule has 0 saturated heterocycles. The minimum Gasteiger partial charge on any atom is -0.477 e. The summed E-state index contributed by atoms with van der Waals surface area (Å²) in [5.41, 5.74) is -2.32. The van der Waals surface area contributed by atoms with Gasteiger partial charge in [0.05, 0.1) is 17.9 Å². The second kappa shape index (κ2) is 13.1. The predicted octanol–water partition coefficient (Wildman–Crippen LogP) is 6.80. The summed E-state index contributed by atoms with van der Waals surface area (Å²) in [7, 11) is 1.35. The van der Waals surface area contributed by atoms with E-state index in [0.29, 0.717) is 17.7 Å². The van der Waals surface area contributed by atoms with Gasteiger partial charge in [0.15, 0.2) is 0 Å². The lowest BCUT2D eigenvalue weighted by Crippen LogP contribution is -2.35. The molecular formula is C29H42O8S2. The van der Waals surface area contributed by atoms with E-state index in [9.17, 15) is 19.2 Å². The molecule has 0 aliphatic rings. The van der Waals surface area contributed by atoms with Gasteiger partial charge in [-0.15, -0.1) is 22.7 Å². The van der Waals surface area contributed by atoms with Gasteiger partial charge in [-0.25, -0.2) is 9.59 Å². The number of ether oxygens (including phenoxy) is 3. The van der Waals surface area contributed by atoms with Crippen LogP contribution in [0, 0.1) is 10.8 Å². The molecule has 0 atom stereocenters. The lowest BCUT2D eigenvalue weighted by atomic mass is 9.88. The number of methoxy groups -OCH3 is 1. The summed E-state index contributed by atoms with van der Waals surface area (Å²) < 4.78 is 15.5. The van der Waals surface area contributed by atoms with E-state index in [1.165, 1.54) is 29.8 Å². The van der Waals surface area contributed by atoms with Gasteiger partial charge >= 0.3 is 23.9 Å². The Kier molecular flexibility index (Phi) is 11.5. The van der Waals surface area contributed by atoms with Crippen LogP contribution in [0.25, 0.3) is 0 Å². The van der Waals surface area contributed by atoms with E-state index < -0.39 is 28.0 Å². The number of carbonyl (C=O) groups is 4. The molecule has 0 unspecified atom stereocenters. The van der Waals surface area contributed by atoms with E-state index in [2.05, 4.69) is 4.74 Å². The summed E-state index contributed by atoms with van der Waals surface area (Å²) in [6.07, 6.45) is 1.00. The standard InChI is InChI=1S/C15H22O4S.C14H20O4S/c1-14(2,3)19-13(17)15(4,5)9-10-7-8-11(20-10)12(16)18-6;1-13(2,3)18-12(17)14(4,5)8-9-6-7-10(19-9)11(15)16/h7-8H,9H2,1-6H3;6-7H,8H2,1-5H3,(H,15,16). The van der Waals surface area contributed by atoms with Gasteiger partial charge in [-0.05, 0) is 106 Å². The van der Waals surface area contributed by atoms with Crippen molar-refractivity contribution in [1.29, 1.82) is 0 Å². The summed E-state index contributed by atoms with van der Waals surface area (Å²) in [4.78, 5) is 49.2. The highest BCUT2D eigenvalue weighted by molar-refractivity contribution is 7.14. The Balaban J connectivity index is 0.000000391. The molecule has 0 amide bonds. The van der Waals surface area contributed by atoms with Crippen LogP contribution < -0.4 is 0 Å². The lowest BCUT2D eigenvalue weighted by Gasteiger charge is -2.28. The van der Waals surface area contributed by atoms with Crippen molar-refractivity contribution in [3.63, 3.8) is 0 Å². The van der Waals surface area contributed by atoms with Gasteiger partial charge in [0, 0.05) is 9.75 Å². The van der Waals surface area contributed by atoms with E-state index in [0.717, 1.165) is 9.75 Å². The Hall–Kier alpha value is -2.72. The normalized spacial score (nSPS) is 12.2. The van der Waals surface area contributed by atoms with Crippen molar-refractivity contribution in [2.75, 3.05) is 7.11 Å². The Morgan fingerprint density at radius 2 is 1.03 bits per heavy atom. The Bertz CT molecular complexity index is 1160. The van der Waals surface area contributed by atoms with E-state index in [1.54, 1.807) is 32.0 Å². The Morgan fingerprint density at radius 1 is 0.667 bits per heavy atom. The molecule has 0 aliphatic heterocycles. The monoisotopic (exact) mass is 582 g/mol. The summed E-state index contributed by atoms with van der Waals surface area (Å²) in [6.45, 7) is 18.3. The fourth-order valence-corrected chi connectivity index (χ4v) is 5.35. The summed E-state index contributed by atoms with van der Waals surface area (Å²) >= 11 is 2.54. The first-order valence-corrected chi connectivity index (χ1v) is 14.2. The topological polar surface area (TPSA) is 116 Å². The number of aromatic carboxylic acids is 1. The minimum atomic E-state index is -0.939. The van der Waals surface area contributed by atoms with Gasteiger partial charge in [-0.2, -0.15) is 0 Å². The number of carbonyl (C=O) groups excluding carboxylic acids is 3. The van der Waals surface area contributed by atoms with Crippen LogP contribution in [0.3, 0.4) is 0 Å². The molecule has 0 radical (unpaired) electrons. The molecular weight excluding hydrogens is 540 g/mol. The maximum absolute atomic E-state index is 12.2. The number of rotatable bonds is 8. The number of hydrogen-bond donors (Lipinski definition) is 1. The molecule has 2 aromatic heterocycles. The van der Waals surface area contributed by atoms with Gasteiger partial charge in [0.2, 0.25) is 0 Å². The van der Waals surface area contributed by atoms with Gasteiger partial charge < -0.3 is 19.3 Å². The van der Waals surface area contributed by atoms with Gasteiger partial charge in [0.1, 0.15) is 21.0 Å². The van der Waals surface area contributed by atoms with Crippen LogP contribution in [0.15, 0.2) is 24.3 Å². The largest absolute Gasteiger partial charge is 0.477 e. The zero-order chi connectivity index (χ0) is 30.4. The molecule has 2 aromatic rings. The summed E-state index contributed by atoms with van der Waals surface area (Å²) in [5, 5.41) is 8.88. The van der Waals surface area contributed by atoms with Crippen molar-refractivity contribution in [3.05, 3.63) is 43.8 Å². The molecule has 0 fully saturated rings. The average molecular weight is 583 g/mol. The van der Waals surface area contributed by atoms with Crippen molar-refractivity contribution in [2.24, 2.45) is 10.8 Å². The van der Waals surface area contributed by atoms with Crippen molar-refractivity contribution in [3.8, 4) is 0 Å². The average Bonchev–Trinajstić information content (AvgIpc) is 3.40. The number of carboxylic acid groups (broad SMARTS) is 1. The molecule has 0 saturated carbocycles. The third-order valence-electron chi connectivity index (χ3n) is 5.06. The number of esters is 3. The molecule has 0 bridgehead atoms. The quantitative estimate of drug-likeness (QED) is 0.267. The molecule has 39 heavy (non-hydrogen) atoms. The second-order valence-electron chi connectivity index (χ2n) is 12.5. The zero-order valence-electron chi connectivity index (χ0n) is 24.8. The number of thiophene rings is 2. The van der Waals surface area contributed by atoms with Crippen LogP contribution in [-0.4, -0.2) is 47.3 Å². The van der Waals surface area contributed by atoms with Crippen LogP contribution >= 0.6 is 22.7 Å². The van der Waals surface area contributed by atoms with E-state index >= 15 is 0 Å². The van der Waals surface area contributed by atoms with Crippen molar-refractivity contribution >= 4 is 46.6 Å². The van der Waals surface area contributed by atoms with Crippen LogP contribution in [0.4, 0.5) is 0 Å². The maximum atomic E-state index is 12.2. The summed E-state index contributed by atoms with van der Waals surface area (Å²) in [5.74, 6) is -1.80. The van der Waals surface area contributed by atoms with Crippen molar-refractivity contribution in [2.45, 2.75) is 93.3 Å². The first-order valence-electron chi connectivity index (χ1n) is 12.5. The Labute approximate surface area is 239 Å². The smallest absolute Gasteiger partial charge is 0.348 e. The van der Waals surface area contributed by atoms with Gasteiger partial charge in [0.25, 0.3) is 0 Å². The van der Waals surface area contributed by atoms with Crippen LogP contribution in [-0.2, 0) is 36.6 Å². The number of carboxylic acids is 1. The third kappa shape index (κ3) is 11.9. The zero-order valence-corrected chi connectivity index (χ0v) is 26.5. The molecule has 218 valence electrons. The van der Waals surface area contributed by atoms with Crippen molar-refractivity contribution in [1.82, 2.24) is 0 Å². The van der Waals surface area contributed by atoms with E-state index in [4.69, 9.17) is 14.6 Å². The third-order valence-corrected chi connectivity index (χ3v) is 7.19. The highest BCUT2D eigenvalue weighted by atomic mass is 32.1. The van der Waals surface area contributed by atoms with Gasteiger partial charge in [-0.3, -0.25) is 9.59 Å². The molecule has 10 heteroatoms.